The number of unbranched alkanes of at least 4 members (excludes halogenated alkanes) is 1. The topological polar surface area (TPSA) is 109 Å². The third-order valence-electron chi connectivity index (χ3n) is 3.35. The molecule has 23 heavy (non-hydrogen) atoms. The maximum absolute atomic E-state index is 11.7. The average Bonchev–Trinajstić information content (AvgIpc) is 2.41. The first-order valence-electron chi connectivity index (χ1n) is 6.66. The Hall–Kier alpha value is -0.480. The van der Waals surface area contributed by atoms with Crippen molar-refractivity contribution in [2.24, 2.45) is 0 Å². The summed E-state index contributed by atoms with van der Waals surface area (Å²) in [4.78, 5) is -1.50. The molecular weight excluding hydrogens is 351 g/mol. The minimum Gasteiger partial charge on any atom is -0.282 e. The van der Waals surface area contributed by atoms with Crippen molar-refractivity contribution in [2.45, 2.75) is 36.0 Å². The molecule has 1 radical (unpaired) electrons. The third kappa shape index (κ3) is 4.54. The Kier molecular flexibility index (Phi) is 6.80. The molecule has 2 rings (SSSR count). The molecule has 0 aliphatic rings. The molecule has 0 atom stereocenters. The Balaban J connectivity index is 0.00000264. The molecule has 9 heteroatoms. The Morgan fingerprint density at radius 3 is 2.04 bits per heavy atom. The summed E-state index contributed by atoms with van der Waals surface area (Å²) in [5.74, 6) is 0. The minimum atomic E-state index is -4.83. The van der Waals surface area contributed by atoms with Gasteiger partial charge >= 0.3 is 0 Å². The van der Waals surface area contributed by atoms with Crippen LogP contribution in [0.15, 0.2) is 40.1 Å². The van der Waals surface area contributed by atoms with Crippen LogP contribution in [0.1, 0.15) is 25.3 Å². The number of hydrogen-bond acceptors (Lipinski definition) is 4. The fourth-order valence-electron chi connectivity index (χ4n) is 2.44. The van der Waals surface area contributed by atoms with Gasteiger partial charge in [-0.15, -0.1) is 0 Å². The van der Waals surface area contributed by atoms with Crippen LogP contribution in [0, 0.1) is 0 Å². The smallest absolute Gasteiger partial charge is 0.282 e. The maximum atomic E-state index is 11.7. The van der Waals surface area contributed by atoms with Crippen LogP contribution in [0.4, 0.5) is 0 Å². The van der Waals surface area contributed by atoms with Gasteiger partial charge in [0.15, 0.2) is 0 Å². The van der Waals surface area contributed by atoms with Gasteiger partial charge in [-0.05, 0) is 29.9 Å². The van der Waals surface area contributed by atoms with E-state index in [1.165, 1.54) is 18.2 Å². The summed E-state index contributed by atoms with van der Waals surface area (Å²) in [6.07, 6.45) is 1.66. The number of benzene rings is 2. The van der Waals surface area contributed by atoms with Gasteiger partial charge < -0.3 is 0 Å². The van der Waals surface area contributed by atoms with Gasteiger partial charge in [-0.2, -0.15) is 16.8 Å². The van der Waals surface area contributed by atoms with Crippen LogP contribution in [-0.2, 0) is 26.7 Å². The Labute approximate surface area is 157 Å². The van der Waals surface area contributed by atoms with Crippen molar-refractivity contribution in [3.63, 3.8) is 0 Å². The van der Waals surface area contributed by atoms with Crippen LogP contribution >= 0.6 is 0 Å². The van der Waals surface area contributed by atoms with Crippen molar-refractivity contribution in [2.75, 3.05) is 0 Å². The van der Waals surface area contributed by atoms with E-state index in [1.807, 2.05) is 6.92 Å². The SMILES string of the molecule is CCCCc1cc2ccccc2c(S(=O)(=O)O)c1S(=O)(=O)O.[Na]. The summed E-state index contributed by atoms with van der Waals surface area (Å²) in [6.45, 7) is 1.90. The Morgan fingerprint density at radius 1 is 0.957 bits per heavy atom. The quantitative estimate of drug-likeness (QED) is 0.620. The predicted molar refractivity (Wildman–Crippen MR) is 87.9 cm³/mol. The van der Waals surface area contributed by atoms with Crippen molar-refractivity contribution in [3.8, 4) is 0 Å². The predicted octanol–water partition coefficient (Wildman–Crippen LogP) is 2.29. The molecule has 2 N–H and O–H groups in total. The second-order valence-electron chi connectivity index (χ2n) is 4.97. The van der Waals surface area contributed by atoms with E-state index in [0.29, 0.717) is 11.8 Å². The van der Waals surface area contributed by atoms with Gasteiger partial charge in [0.1, 0.15) is 9.79 Å². The van der Waals surface area contributed by atoms with Gasteiger partial charge in [0.2, 0.25) is 0 Å². The van der Waals surface area contributed by atoms with Crippen molar-refractivity contribution in [1.29, 1.82) is 0 Å². The molecule has 6 nitrogen and oxygen atoms in total. The van der Waals surface area contributed by atoms with Crippen LogP contribution in [-0.4, -0.2) is 55.5 Å². The molecule has 0 aliphatic heterocycles. The molecule has 0 saturated heterocycles. The molecule has 0 bridgehead atoms. The van der Waals surface area contributed by atoms with Crippen LogP contribution in [0.3, 0.4) is 0 Å². The van der Waals surface area contributed by atoms with E-state index >= 15 is 0 Å². The van der Waals surface area contributed by atoms with Gasteiger partial charge in [-0.25, -0.2) is 0 Å². The molecule has 0 saturated carbocycles. The third-order valence-corrected chi connectivity index (χ3v) is 5.40. The van der Waals surface area contributed by atoms with E-state index in [4.69, 9.17) is 0 Å². The van der Waals surface area contributed by atoms with E-state index in [-0.39, 0.29) is 46.9 Å². The summed E-state index contributed by atoms with van der Waals surface area (Å²) in [5, 5.41) is 0.534. The van der Waals surface area contributed by atoms with E-state index < -0.39 is 30.0 Å². The molecule has 0 heterocycles. The molecule has 0 amide bonds. The van der Waals surface area contributed by atoms with Gasteiger partial charge in [0.05, 0.1) is 0 Å². The minimum absolute atomic E-state index is 0. The number of fused-ring (bicyclic) bond motifs is 1. The number of hydrogen-bond donors (Lipinski definition) is 2. The Bertz CT molecular complexity index is 920. The van der Waals surface area contributed by atoms with Crippen molar-refractivity contribution < 1.29 is 25.9 Å². The molecule has 0 unspecified atom stereocenters. The maximum Gasteiger partial charge on any atom is 0.296 e. The standard InChI is InChI=1S/C14H16O6S2.Na/c1-2-3-6-11-9-10-7-4-5-8-12(10)14(22(18,19)20)13(11)21(15,16)17;/h4-5,7-9H,2-3,6H2,1H3,(H,15,16,17)(H,18,19,20);. The summed E-state index contributed by atoms with van der Waals surface area (Å²) in [5.41, 5.74) is 0.177. The van der Waals surface area contributed by atoms with Gasteiger partial charge in [0, 0.05) is 34.9 Å². The summed E-state index contributed by atoms with van der Waals surface area (Å²) in [6, 6.07) is 7.73. The van der Waals surface area contributed by atoms with Crippen LogP contribution in [0.5, 0.6) is 0 Å². The van der Waals surface area contributed by atoms with Crippen LogP contribution in [0.25, 0.3) is 10.8 Å². The molecule has 2 aromatic rings. The van der Waals surface area contributed by atoms with Crippen molar-refractivity contribution in [3.05, 3.63) is 35.9 Å². The van der Waals surface area contributed by atoms with Crippen molar-refractivity contribution >= 4 is 60.6 Å². The number of rotatable bonds is 5. The summed E-state index contributed by atoms with van der Waals surface area (Å²) >= 11 is 0. The average molecular weight is 367 g/mol. The van der Waals surface area contributed by atoms with Crippen LogP contribution < -0.4 is 0 Å². The fraction of sp³-hybridized carbons (Fsp3) is 0.286. The molecule has 0 fully saturated rings. The second-order valence-corrected chi connectivity index (χ2v) is 7.69. The van der Waals surface area contributed by atoms with Gasteiger partial charge in [0.25, 0.3) is 20.2 Å². The fourth-order valence-corrected chi connectivity index (χ4v) is 4.74. The first-order valence-corrected chi connectivity index (χ1v) is 9.54. The number of aryl methyl sites for hydroxylation is 1. The zero-order chi connectivity index (χ0) is 16.5. The Morgan fingerprint density at radius 2 is 1.52 bits per heavy atom. The summed E-state index contributed by atoms with van der Waals surface area (Å²) in [7, 11) is -9.64. The van der Waals surface area contributed by atoms with Crippen molar-refractivity contribution in [1.82, 2.24) is 0 Å². The monoisotopic (exact) mass is 367 g/mol. The zero-order valence-electron chi connectivity index (χ0n) is 12.9. The zero-order valence-corrected chi connectivity index (χ0v) is 16.5. The summed E-state index contributed by atoms with van der Waals surface area (Å²) < 4.78 is 65.8. The first-order chi connectivity index (χ1) is 10.2. The normalized spacial score (nSPS) is 12.1. The first kappa shape index (κ1) is 20.6. The largest absolute Gasteiger partial charge is 0.296 e. The van der Waals surface area contributed by atoms with Gasteiger partial charge in [-0.1, -0.05) is 37.6 Å². The molecule has 121 valence electrons. The second kappa shape index (κ2) is 7.60. The van der Waals surface area contributed by atoms with Crippen LogP contribution in [0.2, 0.25) is 0 Å². The van der Waals surface area contributed by atoms with E-state index in [2.05, 4.69) is 0 Å². The molecule has 2 aromatic carbocycles. The molecule has 0 aliphatic carbocycles. The van der Waals surface area contributed by atoms with Gasteiger partial charge in [-0.3, -0.25) is 9.11 Å². The molecular formula is C14H16NaO6S2. The molecule has 0 aromatic heterocycles. The van der Waals surface area contributed by atoms with E-state index in [1.54, 1.807) is 12.1 Å². The van der Waals surface area contributed by atoms with E-state index in [0.717, 1.165) is 6.42 Å². The molecule has 0 spiro atoms. The van der Waals surface area contributed by atoms with E-state index in [9.17, 15) is 25.9 Å².